The highest BCUT2D eigenvalue weighted by molar-refractivity contribution is 6.18. The third-order valence-corrected chi connectivity index (χ3v) is 2.97. The number of benzene rings is 1. The van der Waals surface area contributed by atoms with E-state index in [1.54, 1.807) is 6.20 Å². The van der Waals surface area contributed by atoms with E-state index in [1.807, 2.05) is 42.5 Å². The molecule has 2 aromatic rings. The van der Waals surface area contributed by atoms with E-state index in [-0.39, 0.29) is 5.78 Å². The zero-order chi connectivity index (χ0) is 12.8. The molecular weight excluding hydrogens is 246 g/mol. The zero-order valence-corrected chi connectivity index (χ0v) is 10.7. The summed E-state index contributed by atoms with van der Waals surface area (Å²) < 4.78 is 0. The molecule has 0 aliphatic carbocycles. The van der Waals surface area contributed by atoms with Crippen molar-refractivity contribution in [3.8, 4) is 11.3 Å². The molecule has 0 saturated carbocycles. The standard InChI is InChI=1S/C15H14ClNO/c16-10-3-5-15(18)13-8-6-12(7-9-13)14-4-1-2-11-17-14/h1-2,4,6-9,11H,3,5,10H2. The number of rotatable bonds is 5. The Labute approximate surface area is 112 Å². The van der Waals surface area contributed by atoms with Crippen LogP contribution in [0.5, 0.6) is 0 Å². The molecule has 92 valence electrons. The Hall–Kier alpha value is -1.67. The summed E-state index contributed by atoms with van der Waals surface area (Å²) in [6, 6.07) is 13.3. The van der Waals surface area contributed by atoms with Gasteiger partial charge in [-0.3, -0.25) is 9.78 Å². The number of pyridine rings is 1. The molecule has 0 fully saturated rings. The van der Waals surface area contributed by atoms with E-state index >= 15 is 0 Å². The number of nitrogens with zero attached hydrogens (tertiary/aromatic N) is 1. The van der Waals surface area contributed by atoms with Crippen LogP contribution in [0, 0.1) is 0 Å². The van der Waals surface area contributed by atoms with Crippen molar-refractivity contribution in [1.82, 2.24) is 4.98 Å². The molecule has 0 bridgehead atoms. The van der Waals surface area contributed by atoms with Gasteiger partial charge in [0.25, 0.3) is 0 Å². The summed E-state index contributed by atoms with van der Waals surface area (Å²) in [5.74, 6) is 0.667. The molecule has 0 saturated heterocycles. The largest absolute Gasteiger partial charge is 0.294 e. The number of hydrogen-bond donors (Lipinski definition) is 0. The number of halogens is 1. The van der Waals surface area contributed by atoms with E-state index in [1.165, 1.54) is 0 Å². The van der Waals surface area contributed by atoms with Gasteiger partial charge in [-0.2, -0.15) is 0 Å². The van der Waals surface area contributed by atoms with Gasteiger partial charge >= 0.3 is 0 Å². The maximum Gasteiger partial charge on any atom is 0.162 e. The molecule has 0 amide bonds. The van der Waals surface area contributed by atoms with Gasteiger partial charge in [-0.1, -0.05) is 30.3 Å². The van der Waals surface area contributed by atoms with Gasteiger partial charge < -0.3 is 0 Å². The Morgan fingerprint density at radius 1 is 1.11 bits per heavy atom. The van der Waals surface area contributed by atoms with Gasteiger partial charge in [0.1, 0.15) is 0 Å². The van der Waals surface area contributed by atoms with E-state index in [0.717, 1.165) is 23.2 Å². The van der Waals surface area contributed by atoms with Gasteiger partial charge in [-0.05, 0) is 18.6 Å². The Morgan fingerprint density at radius 2 is 1.89 bits per heavy atom. The van der Waals surface area contributed by atoms with Crippen LogP contribution in [0.4, 0.5) is 0 Å². The van der Waals surface area contributed by atoms with Crippen LogP contribution in [0.25, 0.3) is 11.3 Å². The van der Waals surface area contributed by atoms with Crippen LogP contribution in [0.2, 0.25) is 0 Å². The first-order chi connectivity index (χ1) is 8.81. The maximum atomic E-state index is 11.8. The lowest BCUT2D eigenvalue weighted by atomic mass is 10.0. The lowest BCUT2D eigenvalue weighted by Crippen LogP contribution is -1.99. The predicted octanol–water partition coefficient (Wildman–Crippen LogP) is 3.95. The molecule has 1 heterocycles. The minimum Gasteiger partial charge on any atom is -0.294 e. The summed E-state index contributed by atoms with van der Waals surface area (Å²) in [6.07, 6.45) is 2.99. The Balaban J connectivity index is 2.13. The predicted molar refractivity (Wildman–Crippen MR) is 74.0 cm³/mol. The van der Waals surface area contributed by atoms with E-state index in [4.69, 9.17) is 11.6 Å². The lowest BCUT2D eigenvalue weighted by Gasteiger charge is -2.03. The first kappa shape index (κ1) is 12.8. The highest BCUT2D eigenvalue weighted by atomic mass is 35.5. The van der Waals surface area contributed by atoms with Crippen molar-refractivity contribution in [2.45, 2.75) is 12.8 Å². The SMILES string of the molecule is O=C(CCCCl)c1ccc(-c2ccccn2)cc1. The number of Topliss-reactive ketones (excluding diaryl/α,β-unsaturated/α-hetero) is 1. The topological polar surface area (TPSA) is 30.0 Å². The summed E-state index contributed by atoms with van der Waals surface area (Å²) in [5, 5.41) is 0. The summed E-state index contributed by atoms with van der Waals surface area (Å²) >= 11 is 5.58. The second-order valence-electron chi connectivity index (χ2n) is 4.01. The van der Waals surface area contributed by atoms with E-state index in [9.17, 15) is 4.79 Å². The van der Waals surface area contributed by atoms with Crippen LogP contribution in [0.1, 0.15) is 23.2 Å². The minimum absolute atomic E-state index is 0.142. The fraction of sp³-hybridized carbons (Fsp3) is 0.200. The number of ketones is 1. The second kappa shape index (κ2) is 6.31. The molecule has 1 aromatic carbocycles. The molecule has 18 heavy (non-hydrogen) atoms. The van der Waals surface area contributed by atoms with Crippen LogP contribution in [0.3, 0.4) is 0 Å². The second-order valence-corrected chi connectivity index (χ2v) is 4.39. The van der Waals surface area contributed by atoms with Crippen molar-refractivity contribution in [3.63, 3.8) is 0 Å². The fourth-order valence-electron chi connectivity index (χ4n) is 1.73. The van der Waals surface area contributed by atoms with Gasteiger partial charge in [0.2, 0.25) is 0 Å². The Kier molecular flexibility index (Phi) is 4.48. The van der Waals surface area contributed by atoms with Crippen molar-refractivity contribution < 1.29 is 4.79 Å². The van der Waals surface area contributed by atoms with Crippen LogP contribution >= 0.6 is 11.6 Å². The van der Waals surface area contributed by atoms with Gasteiger partial charge in [0, 0.05) is 29.6 Å². The molecule has 0 atom stereocenters. The molecule has 0 radical (unpaired) electrons. The summed E-state index contributed by atoms with van der Waals surface area (Å²) in [4.78, 5) is 16.0. The highest BCUT2D eigenvalue weighted by Gasteiger charge is 2.05. The van der Waals surface area contributed by atoms with Crippen molar-refractivity contribution in [2.24, 2.45) is 0 Å². The van der Waals surface area contributed by atoms with Crippen LogP contribution in [-0.2, 0) is 0 Å². The highest BCUT2D eigenvalue weighted by Crippen LogP contribution is 2.17. The molecule has 0 aliphatic heterocycles. The molecule has 0 N–H and O–H groups in total. The molecule has 2 rings (SSSR count). The van der Waals surface area contributed by atoms with Gasteiger partial charge in [-0.15, -0.1) is 11.6 Å². The van der Waals surface area contributed by atoms with Gasteiger partial charge in [0.05, 0.1) is 5.69 Å². The lowest BCUT2D eigenvalue weighted by molar-refractivity contribution is 0.0982. The van der Waals surface area contributed by atoms with Crippen molar-refractivity contribution in [1.29, 1.82) is 0 Å². The Bertz CT molecular complexity index is 508. The number of hydrogen-bond acceptors (Lipinski definition) is 2. The molecular formula is C15H14ClNO. The van der Waals surface area contributed by atoms with Crippen molar-refractivity contribution in [3.05, 3.63) is 54.2 Å². The van der Waals surface area contributed by atoms with E-state index in [0.29, 0.717) is 12.3 Å². The average molecular weight is 260 g/mol. The summed E-state index contributed by atoms with van der Waals surface area (Å²) in [5.41, 5.74) is 2.67. The summed E-state index contributed by atoms with van der Waals surface area (Å²) in [6.45, 7) is 0. The average Bonchev–Trinajstić information content (AvgIpc) is 2.46. The number of alkyl halides is 1. The minimum atomic E-state index is 0.142. The Morgan fingerprint density at radius 3 is 2.50 bits per heavy atom. The molecule has 0 unspecified atom stereocenters. The van der Waals surface area contributed by atoms with Crippen molar-refractivity contribution in [2.75, 3.05) is 5.88 Å². The first-order valence-corrected chi connectivity index (χ1v) is 6.45. The fourth-order valence-corrected chi connectivity index (χ4v) is 1.87. The third kappa shape index (κ3) is 3.17. The normalized spacial score (nSPS) is 10.3. The molecule has 2 nitrogen and oxygen atoms in total. The smallest absolute Gasteiger partial charge is 0.162 e. The van der Waals surface area contributed by atoms with Gasteiger partial charge in [-0.25, -0.2) is 0 Å². The molecule has 1 aromatic heterocycles. The zero-order valence-electron chi connectivity index (χ0n) is 9.97. The van der Waals surface area contributed by atoms with E-state index < -0.39 is 0 Å². The third-order valence-electron chi connectivity index (χ3n) is 2.71. The van der Waals surface area contributed by atoms with Crippen LogP contribution in [-0.4, -0.2) is 16.6 Å². The first-order valence-electron chi connectivity index (χ1n) is 5.92. The number of carbonyl (C=O) groups is 1. The number of carbonyl (C=O) groups excluding carboxylic acids is 1. The molecule has 0 spiro atoms. The maximum absolute atomic E-state index is 11.8. The quantitative estimate of drug-likeness (QED) is 0.601. The van der Waals surface area contributed by atoms with E-state index in [2.05, 4.69) is 4.98 Å². The summed E-state index contributed by atoms with van der Waals surface area (Å²) in [7, 11) is 0. The van der Waals surface area contributed by atoms with Crippen LogP contribution in [0.15, 0.2) is 48.7 Å². The monoisotopic (exact) mass is 259 g/mol. The van der Waals surface area contributed by atoms with Crippen molar-refractivity contribution >= 4 is 17.4 Å². The van der Waals surface area contributed by atoms with Crippen LogP contribution < -0.4 is 0 Å². The molecule has 0 aliphatic rings. The number of aromatic nitrogens is 1. The molecule has 3 heteroatoms. The van der Waals surface area contributed by atoms with Gasteiger partial charge in [0.15, 0.2) is 5.78 Å².